The maximum Gasteiger partial charge on any atom is 0.312 e. The Morgan fingerprint density at radius 2 is 2.00 bits per heavy atom. The second-order valence-corrected chi connectivity index (χ2v) is 11.4. The molecule has 3 aliphatic rings. The maximum absolute atomic E-state index is 14.3. The molecule has 1 aromatic carbocycles. The van der Waals surface area contributed by atoms with Crippen LogP contribution in [0.5, 0.6) is 0 Å². The zero-order valence-electron chi connectivity index (χ0n) is 21.3. The van der Waals surface area contributed by atoms with Crippen molar-refractivity contribution in [2.45, 2.75) is 61.3 Å². The molecule has 3 unspecified atom stereocenters. The molecule has 1 spiro atoms. The van der Waals surface area contributed by atoms with E-state index in [0.29, 0.717) is 19.4 Å². The van der Waals surface area contributed by atoms with Gasteiger partial charge in [0.1, 0.15) is 18.2 Å². The monoisotopic (exact) mass is 574 g/mol. The van der Waals surface area contributed by atoms with Crippen molar-refractivity contribution in [2.75, 3.05) is 19.8 Å². The number of benzene rings is 1. The van der Waals surface area contributed by atoms with Crippen LogP contribution in [-0.2, 0) is 30.3 Å². The van der Waals surface area contributed by atoms with Gasteiger partial charge in [-0.3, -0.25) is 14.4 Å². The smallest absolute Gasteiger partial charge is 0.312 e. The van der Waals surface area contributed by atoms with Gasteiger partial charge < -0.3 is 24.4 Å². The lowest BCUT2D eigenvalue weighted by Crippen LogP contribution is -2.60. The number of aliphatic hydroxyl groups excluding tert-OH is 1. The summed E-state index contributed by atoms with van der Waals surface area (Å²) < 4.78 is 11.9. The first-order valence-corrected chi connectivity index (χ1v) is 13.6. The Kier molecular flexibility index (Phi) is 8.26. The minimum absolute atomic E-state index is 0.0166. The number of aliphatic hydroxyl groups is 1. The first-order chi connectivity index (χ1) is 17.7. The van der Waals surface area contributed by atoms with Crippen molar-refractivity contribution in [1.82, 2.24) is 9.80 Å². The van der Waals surface area contributed by atoms with Gasteiger partial charge in [-0.25, -0.2) is 0 Å². The van der Waals surface area contributed by atoms with Crippen molar-refractivity contribution < 1.29 is 29.0 Å². The molecule has 8 nitrogen and oxygen atoms in total. The molecule has 0 aromatic heterocycles. The van der Waals surface area contributed by atoms with E-state index in [1.165, 1.54) is 11.0 Å². The van der Waals surface area contributed by atoms with Crippen LogP contribution in [0.4, 0.5) is 0 Å². The zero-order valence-corrected chi connectivity index (χ0v) is 22.9. The fraction of sp³-hybridized carbons (Fsp3) is 0.536. The summed E-state index contributed by atoms with van der Waals surface area (Å²) in [6.45, 7) is 11.2. The van der Waals surface area contributed by atoms with Crippen molar-refractivity contribution in [1.29, 1.82) is 0 Å². The van der Waals surface area contributed by atoms with Crippen LogP contribution in [0.25, 0.3) is 0 Å². The number of carbonyl (C=O) groups excluding carboxylic acids is 3. The van der Waals surface area contributed by atoms with Crippen molar-refractivity contribution >= 4 is 33.7 Å². The topological polar surface area (TPSA) is 96.4 Å². The summed E-state index contributed by atoms with van der Waals surface area (Å²) >= 11 is 3.65. The largest absolute Gasteiger partial charge is 0.461 e. The van der Waals surface area contributed by atoms with Gasteiger partial charge >= 0.3 is 5.97 Å². The third-order valence-electron chi connectivity index (χ3n) is 7.73. The van der Waals surface area contributed by atoms with Gasteiger partial charge in [-0.15, -0.1) is 6.58 Å². The molecule has 200 valence electrons. The molecule has 1 aromatic rings. The first kappa shape index (κ1) is 27.5. The van der Waals surface area contributed by atoms with E-state index in [1.54, 1.807) is 11.0 Å². The Balaban J connectivity index is 1.81. The molecule has 1 N–H and O–H groups in total. The lowest BCUT2D eigenvalue weighted by molar-refractivity contribution is -0.156. The van der Waals surface area contributed by atoms with Crippen molar-refractivity contribution in [3.63, 3.8) is 0 Å². The number of hydrogen-bond donors (Lipinski definition) is 1. The van der Waals surface area contributed by atoms with Gasteiger partial charge in [0, 0.05) is 17.4 Å². The lowest BCUT2D eigenvalue weighted by Gasteiger charge is -2.40. The van der Waals surface area contributed by atoms with Crippen LogP contribution in [0.3, 0.4) is 0 Å². The third kappa shape index (κ3) is 4.66. The Bertz CT molecular complexity index is 1050. The molecule has 2 amide bonds. The Labute approximate surface area is 226 Å². The number of hydrogen-bond acceptors (Lipinski definition) is 6. The average Bonchev–Trinajstić information content (AvgIpc) is 3.47. The minimum atomic E-state index is -1.22. The molecule has 37 heavy (non-hydrogen) atoms. The number of halogens is 1. The van der Waals surface area contributed by atoms with Crippen molar-refractivity contribution in [3.8, 4) is 0 Å². The Morgan fingerprint density at radius 1 is 1.30 bits per heavy atom. The van der Waals surface area contributed by atoms with Gasteiger partial charge in [0.25, 0.3) is 0 Å². The van der Waals surface area contributed by atoms with E-state index >= 15 is 0 Å². The number of amides is 2. The van der Waals surface area contributed by atoms with Crippen LogP contribution in [0.1, 0.15) is 25.8 Å². The predicted molar refractivity (Wildman–Crippen MR) is 142 cm³/mol. The first-order valence-electron chi connectivity index (χ1n) is 12.7. The van der Waals surface area contributed by atoms with Crippen LogP contribution < -0.4 is 0 Å². The fourth-order valence-electron chi connectivity index (χ4n) is 6.24. The van der Waals surface area contributed by atoms with E-state index in [9.17, 15) is 19.5 Å². The highest BCUT2D eigenvalue weighted by atomic mass is 79.9. The molecule has 4 rings (SSSR count). The minimum Gasteiger partial charge on any atom is -0.461 e. The molecular weight excluding hydrogens is 540 g/mol. The zero-order chi connectivity index (χ0) is 26.9. The Morgan fingerprint density at radius 3 is 2.59 bits per heavy atom. The van der Waals surface area contributed by atoms with Gasteiger partial charge in [0.2, 0.25) is 11.8 Å². The van der Waals surface area contributed by atoms with Crippen LogP contribution in [0.2, 0.25) is 0 Å². The summed E-state index contributed by atoms with van der Waals surface area (Å²) in [6.07, 6.45) is 3.26. The van der Waals surface area contributed by atoms with E-state index < -0.39 is 41.6 Å². The number of likely N-dealkylation sites (tertiary alicyclic amines) is 1. The molecule has 0 aliphatic carbocycles. The summed E-state index contributed by atoms with van der Waals surface area (Å²) in [5.74, 6) is -2.94. The number of esters is 1. The molecule has 3 aliphatic heterocycles. The number of alkyl halides is 1. The van der Waals surface area contributed by atoms with Crippen molar-refractivity contribution in [3.05, 3.63) is 61.2 Å². The van der Waals surface area contributed by atoms with E-state index in [4.69, 9.17) is 9.47 Å². The van der Waals surface area contributed by atoms with Crippen molar-refractivity contribution in [2.24, 2.45) is 11.8 Å². The van der Waals surface area contributed by atoms with E-state index in [0.717, 1.165) is 5.56 Å². The second-order valence-electron chi connectivity index (χ2n) is 10.2. The summed E-state index contributed by atoms with van der Waals surface area (Å²) in [5, 5.41) is 10.5. The molecule has 3 fully saturated rings. The summed E-state index contributed by atoms with van der Waals surface area (Å²) in [4.78, 5) is 44.6. The third-order valence-corrected chi connectivity index (χ3v) is 8.57. The lowest BCUT2D eigenvalue weighted by atomic mass is 9.70. The van der Waals surface area contributed by atoms with Crippen LogP contribution in [-0.4, -0.2) is 87.1 Å². The van der Waals surface area contributed by atoms with Gasteiger partial charge in [-0.05, 0) is 32.3 Å². The average molecular weight is 576 g/mol. The number of carbonyl (C=O) groups is 3. The highest BCUT2D eigenvalue weighted by Gasteiger charge is 2.77. The fourth-order valence-corrected chi connectivity index (χ4v) is 7.18. The Hall–Kier alpha value is -2.49. The van der Waals surface area contributed by atoms with Gasteiger partial charge in [-0.2, -0.15) is 0 Å². The molecule has 9 heteroatoms. The highest BCUT2D eigenvalue weighted by molar-refractivity contribution is 9.09. The quantitative estimate of drug-likeness (QED) is 0.248. The molecule has 3 saturated heterocycles. The SMILES string of the molecule is C=CCOC(=O)[C@H]1[C@@H]2OC3(CC2Br)C(C(=O)N(CC=C)C(C)C)N([C@@H](CO)Cc2ccccc2)C(=O)[C@H]13. The van der Waals surface area contributed by atoms with Crippen LogP contribution >= 0.6 is 15.9 Å². The molecule has 0 saturated carbocycles. The van der Waals surface area contributed by atoms with Gasteiger partial charge in [0.15, 0.2) is 0 Å². The van der Waals surface area contributed by atoms with E-state index in [2.05, 4.69) is 29.1 Å². The van der Waals surface area contributed by atoms with Crippen LogP contribution in [0.15, 0.2) is 55.6 Å². The predicted octanol–water partition coefficient (Wildman–Crippen LogP) is 2.49. The highest BCUT2D eigenvalue weighted by Crippen LogP contribution is 2.60. The number of nitrogens with zero attached hydrogens (tertiary/aromatic N) is 2. The number of rotatable bonds is 11. The van der Waals surface area contributed by atoms with Crippen LogP contribution in [0, 0.1) is 11.8 Å². The van der Waals surface area contributed by atoms with Gasteiger partial charge in [0.05, 0.1) is 30.6 Å². The standard InChI is InChI=1S/C28H35BrN2O6/c1-5-12-30(17(3)4)26(34)24-28-15-20(29)23(37-28)21(27(35)36-13-6-2)22(28)25(33)31(24)19(16-32)14-18-10-8-7-9-11-18/h5-11,17,19-24,32H,1-2,12-16H2,3-4H3/t19-,20?,21-,22+,23-,24?,28?/m1/s1. The second kappa shape index (κ2) is 11.1. The summed E-state index contributed by atoms with van der Waals surface area (Å²) in [6, 6.07) is 7.67. The number of ether oxygens (including phenoxy) is 2. The summed E-state index contributed by atoms with van der Waals surface area (Å²) in [7, 11) is 0. The molecule has 0 radical (unpaired) electrons. The molecule has 7 atom stereocenters. The normalized spacial score (nSPS) is 30.8. The summed E-state index contributed by atoms with van der Waals surface area (Å²) in [5.41, 5.74) is -0.295. The number of fused-ring (bicyclic) bond motifs is 1. The molecule has 3 heterocycles. The van der Waals surface area contributed by atoms with E-state index in [1.807, 2.05) is 44.2 Å². The van der Waals surface area contributed by atoms with Gasteiger partial charge in [-0.1, -0.05) is 65.0 Å². The van der Waals surface area contributed by atoms with E-state index in [-0.39, 0.29) is 35.9 Å². The molecule has 2 bridgehead atoms. The molecular formula is C28H35BrN2O6. The maximum atomic E-state index is 14.3.